The van der Waals surface area contributed by atoms with Crippen molar-refractivity contribution in [1.29, 1.82) is 0 Å². The molecule has 4 aliphatic heterocycles. The van der Waals surface area contributed by atoms with Crippen LogP contribution in [0.3, 0.4) is 0 Å². The van der Waals surface area contributed by atoms with E-state index in [1.54, 1.807) is 12.1 Å². The zero-order chi connectivity index (χ0) is 35.2. The van der Waals surface area contributed by atoms with Gasteiger partial charge in [-0.1, -0.05) is 0 Å². The summed E-state index contributed by atoms with van der Waals surface area (Å²) in [5, 5.41) is 6.50. The number of nitrogens with zero attached hydrogens (tertiary/aromatic N) is 4. The highest BCUT2D eigenvalue weighted by atomic mass is 32.2. The van der Waals surface area contributed by atoms with Crippen LogP contribution in [-0.2, 0) is 20.1 Å². The zero-order valence-electron chi connectivity index (χ0n) is 29.0. The molecule has 4 aliphatic rings. The molecule has 0 saturated carbocycles. The number of amides is 2. The number of nitrogens with one attached hydrogen (secondary N) is 3. The first kappa shape index (κ1) is 35.7. The maximum Gasteiger partial charge on any atom is 0.258 e. The molecule has 0 radical (unpaired) electrons. The number of halogens is 1. The van der Waals surface area contributed by atoms with Crippen molar-refractivity contribution in [3.63, 3.8) is 0 Å². The Morgan fingerprint density at radius 1 is 0.922 bits per heavy atom. The molecule has 0 aliphatic carbocycles. The summed E-state index contributed by atoms with van der Waals surface area (Å²) in [5.41, 5.74) is 1.68. The second-order valence-electron chi connectivity index (χ2n) is 14.1. The van der Waals surface area contributed by atoms with Gasteiger partial charge in [0.15, 0.2) is 0 Å². The van der Waals surface area contributed by atoms with Crippen molar-refractivity contribution in [3.8, 4) is 5.75 Å². The number of fused-ring (bicyclic) bond motifs is 1. The average Bonchev–Trinajstić information content (AvgIpc) is 3.14. The molecule has 1 unspecified atom stereocenters. The number of carbonyl (C=O) groups excluding carboxylic acids is 2. The minimum absolute atomic E-state index is 0.106. The van der Waals surface area contributed by atoms with E-state index in [0.717, 1.165) is 97.0 Å². The molecule has 274 valence electrons. The van der Waals surface area contributed by atoms with Gasteiger partial charge >= 0.3 is 0 Å². The number of piperidine rings is 2. The minimum Gasteiger partial charge on any atom is -0.493 e. The van der Waals surface area contributed by atoms with Crippen molar-refractivity contribution in [3.05, 3.63) is 58.4 Å². The zero-order valence-corrected chi connectivity index (χ0v) is 29.9. The fourth-order valence-electron chi connectivity index (χ4n) is 7.34. The number of hydrogen-bond donors (Lipinski definition) is 3. The van der Waals surface area contributed by atoms with E-state index in [-0.39, 0.29) is 29.6 Å². The molecule has 2 aromatic carbocycles. The van der Waals surface area contributed by atoms with E-state index in [1.165, 1.54) is 6.07 Å². The van der Waals surface area contributed by atoms with Crippen molar-refractivity contribution in [2.24, 2.45) is 5.92 Å². The van der Waals surface area contributed by atoms with E-state index < -0.39 is 6.04 Å². The third-order valence-electron chi connectivity index (χ3n) is 10.5. The van der Waals surface area contributed by atoms with E-state index in [1.807, 2.05) is 30.0 Å². The Morgan fingerprint density at radius 3 is 2.43 bits per heavy atom. The van der Waals surface area contributed by atoms with Gasteiger partial charge in [0, 0.05) is 75.9 Å². The lowest BCUT2D eigenvalue weighted by Gasteiger charge is -2.38. The molecular formula is C37H48FN7O5S. The molecule has 2 amide bonds. The van der Waals surface area contributed by atoms with Crippen molar-refractivity contribution >= 4 is 45.9 Å². The monoisotopic (exact) mass is 721 g/mol. The van der Waals surface area contributed by atoms with Crippen LogP contribution in [0.5, 0.6) is 5.75 Å². The standard InChI is InChI=1S/C37H48FN7O5S/c38-30-21-26(39-31-4-6-35(46)42-37(31)48)1-5-33(30)45-17-15-44(16-18-45)14-13-43-11-7-25(8-12-43)23-50-27-2-3-29-32(22-27)40-34(41-36(29)47)24-51-28-9-19-49-20-10-28/h1-3,5,21-22,25,28,31,39H,4,6-20,23-24H2,(H,40,41,47)(H,42,46,48). The Labute approximate surface area is 301 Å². The first-order valence-corrected chi connectivity index (χ1v) is 19.4. The third-order valence-corrected chi connectivity index (χ3v) is 11.9. The van der Waals surface area contributed by atoms with Gasteiger partial charge in [-0.25, -0.2) is 9.37 Å². The van der Waals surface area contributed by atoms with E-state index >= 15 is 4.39 Å². The summed E-state index contributed by atoms with van der Waals surface area (Å²) in [5.74, 6) is 1.67. The summed E-state index contributed by atoms with van der Waals surface area (Å²) in [4.78, 5) is 50.9. The van der Waals surface area contributed by atoms with Crippen molar-refractivity contribution < 1.29 is 23.5 Å². The van der Waals surface area contributed by atoms with Crippen LogP contribution < -0.4 is 25.8 Å². The average molecular weight is 722 g/mol. The molecule has 3 aromatic rings. The summed E-state index contributed by atoms with van der Waals surface area (Å²) in [6.45, 7) is 9.62. The number of H-pyrrole nitrogens is 1. The number of likely N-dealkylation sites (tertiary alicyclic amines) is 1. The second-order valence-corrected chi connectivity index (χ2v) is 15.3. The maximum absolute atomic E-state index is 15.1. The highest BCUT2D eigenvalue weighted by molar-refractivity contribution is 7.99. The molecule has 4 saturated heterocycles. The first-order valence-electron chi connectivity index (χ1n) is 18.3. The highest BCUT2D eigenvalue weighted by Crippen LogP contribution is 2.27. The summed E-state index contributed by atoms with van der Waals surface area (Å²) in [6, 6.07) is 10.0. The number of imide groups is 1. The van der Waals surface area contributed by atoms with Crippen molar-refractivity contribution in [2.75, 3.05) is 82.4 Å². The van der Waals surface area contributed by atoms with Gasteiger partial charge in [0.2, 0.25) is 11.8 Å². The highest BCUT2D eigenvalue weighted by Gasteiger charge is 2.27. The molecule has 4 fully saturated rings. The van der Waals surface area contributed by atoms with Gasteiger partial charge in [-0.05, 0) is 81.4 Å². The number of ether oxygens (including phenoxy) is 2. The number of aromatic amines is 1. The topological polar surface area (TPSA) is 132 Å². The lowest BCUT2D eigenvalue weighted by Crippen LogP contribution is -2.49. The smallest absolute Gasteiger partial charge is 0.258 e. The molecule has 0 bridgehead atoms. The fraction of sp³-hybridized carbons (Fsp3) is 0.568. The van der Waals surface area contributed by atoms with Gasteiger partial charge in [0.1, 0.15) is 23.4 Å². The number of rotatable bonds is 12. The molecule has 3 N–H and O–H groups in total. The van der Waals surface area contributed by atoms with Crippen LogP contribution in [0.15, 0.2) is 41.2 Å². The molecule has 7 rings (SSSR count). The van der Waals surface area contributed by atoms with Gasteiger partial charge in [0.05, 0.1) is 29.0 Å². The summed E-state index contributed by atoms with van der Waals surface area (Å²) in [6.07, 6.45) is 4.91. The second kappa shape index (κ2) is 16.7. The first-order chi connectivity index (χ1) is 24.9. The van der Waals surface area contributed by atoms with Crippen LogP contribution in [0.2, 0.25) is 0 Å². The van der Waals surface area contributed by atoms with Gasteiger partial charge in [-0.3, -0.25) is 24.6 Å². The Kier molecular flexibility index (Phi) is 11.7. The van der Waals surface area contributed by atoms with E-state index in [2.05, 4.69) is 30.3 Å². The number of benzene rings is 2. The number of aromatic nitrogens is 2. The fourth-order valence-corrected chi connectivity index (χ4v) is 8.39. The SMILES string of the molecule is O=C1CCC(Nc2ccc(N3CCN(CCN4CCC(COc5ccc6c(=O)[nH]c(CSC7CCOCC7)nc6c5)CC4)CC3)c(F)c2)C(=O)N1. The number of piperazine rings is 1. The lowest BCUT2D eigenvalue weighted by molar-refractivity contribution is -0.133. The summed E-state index contributed by atoms with van der Waals surface area (Å²) in [7, 11) is 0. The molecule has 51 heavy (non-hydrogen) atoms. The predicted molar refractivity (Wildman–Crippen MR) is 197 cm³/mol. The van der Waals surface area contributed by atoms with E-state index in [4.69, 9.17) is 14.5 Å². The Bertz CT molecular complexity index is 1740. The summed E-state index contributed by atoms with van der Waals surface area (Å²) < 4.78 is 26.8. The van der Waals surface area contributed by atoms with Gasteiger partial charge < -0.3 is 29.6 Å². The number of thioether (sulfide) groups is 1. The Balaban J connectivity index is 0.808. The third kappa shape index (κ3) is 9.39. The number of carbonyl (C=O) groups is 2. The van der Waals surface area contributed by atoms with Crippen LogP contribution >= 0.6 is 11.8 Å². The Hall–Kier alpha value is -3.72. The molecular weight excluding hydrogens is 674 g/mol. The minimum atomic E-state index is -0.538. The molecule has 1 atom stereocenters. The summed E-state index contributed by atoms with van der Waals surface area (Å²) >= 11 is 1.83. The van der Waals surface area contributed by atoms with Crippen LogP contribution in [0.4, 0.5) is 15.8 Å². The van der Waals surface area contributed by atoms with Crippen LogP contribution in [-0.4, -0.2) is 115 Å². The van der Waals surface area contributed by atoms with Crippen LogP contribution in [0.1, 0.15) is 44.3 Å². The van der Waals surface area contributed by atoms with Gasteiger partial charge in [0.25, 0.3) is 5.56 Å². The van der Waals surface area contributed by atoms with Crippen molar-refractivity contribution in [1.82, 2.24) is 25.1 Å². The molecule has 14 heteroatoms. The molecule has 5 heterocycles. The quantitative estimate of drug-likeness (QED) is 0.237. The Morgan fingerprint density at radius 2 is 1.69 bits per heavy atom. The maximum atomic E-state index is 15.1. The van der Waals surface area contributed by atoms with Crippen LogP contribution in [0.25, 0.3) is 10.9 Å². The molecule has 1 aromatic heterocycles. The normalized spacial score (nSPS) is 21.6. The molecule has 0 spiro atoms. The van der Waals surface area contributed by atoms with Crippen LogP contribution in [0, 0.1) is 11.7 Å². The van der Waals surface area contributed by atoms with Gasteiger partial charge in [-0.2, -0.15) is 11.8 Å². The van der Waals surface area contributed by atoms with Crippen molar-refractivity contribution in [2.45, 2.75) is 55.6 Å². The largest absolute Gasteiger partial charge is 0.493 e. The molecule has 12 nitrogen and oxygen atoms in total. The van der Waals surface area contributed by atoms with E-state index in [0.29, 0.717) is 58.1 Å². The number of hydrogen-bond acceptors (Lipinski definition) is 11. The number of anilines is 2. The van der Waals surface area contributed by atoms with E-state index in [9.17, 15) is 14.4 Å². The van der Waals surface area contributed by atoms with Gasteiger partial charge in [-0.15, -0.1) is 0 Å². The predicted octanol–water partition coefficient (Wildman–Crippen LogP) is 3.60. The lowest BCUT2D eigenvalue weighted by atomic mass is 9.98.